The summed E-state index contributed by atoms with van der Waals surface area (Å²) < 4.78 is 0. The Bertz CT molecular complexity index is 112. The summed E-state index contributed by atoms with van der Waals surface area (Å²) in [6, 6.07) is 0. The average Bonchev–Trinajstić information content (AvgIpc) is 1.86. The standard InChI is InChI=1S/C9H18OS/c1-4-5-6-7-8(2)11-9(3)10/h8H,4-7H2,1-3H3/t8-/m1/s1. The van der Waals surface area contributed by atoms with Gasteiger partial charge in [0.1, 0.15) is 0 Å². The number of hydrogen-bond donors (Lipinski definition) is 0. The minimum atomic E-state index is 0.244. The van der Waals surface area contributed by atoms with Gasteiger partial charge in [0.05, 0.1) is 0 Å². The van der Waals surface area contributed by atoms with Crippen molar-refractivity contribution in [3.05, 3.63) is 0 Å². The largest absolute Gasteiger partial charge is 0.288 e. The summed E-state index contributed by atoms with van der Waals surface area (Å²) in [5, 5.41) is 0.757. The number of carbonyl (C=O) groups is 1. The molecule has 0 spiro atoms. The molecule has 0 radical (unpaired) electrons. The molecular weight excluding hydrogens is 156 g/mol. The number of unbranched alkanes of at least 4 members (excludes halogenated alkanes) is 2. The van der Waals surface area contributed by atoms with Crippen LogP contribution in [0, 0.1) is 0 Å². The van der Waals surface area contributed by atoms with Gasteiger partial charge in [-0.15, -0.1) is 0 Å². The summed E-state index contributed by atoms with van der Waals surface area (Å²) in [6.45, 7) is 5.96. The Morgan fingerprint density at radius 1 is 1.45 bits per heavy atom. The Labute approximate surface area is 73.9 Å². The molecule has 2 heteroatoms. The van der Waals surface area contributed by atoms with Gasteiger partial charge >= 0.3 is 0 Å². The first kappa shape index (κ1) is 11.0. The van der Waals surface area contributed by atoms with Crippen LogP contribution in [0.1, 0.15) is 46.5 Å². The van der Waals surface area contributed by atoms with Gasteiger partial charge in [0.25, 0.3) is 0 Å². The van der Waals surface area contributed by atoms with Crippen molar-refractivity contribution in [1.82, 2.24) is 0 Å². The highest BCUT2D eigenvalue weighted by molar-refractivity contribution is 8.14. The summed E-state index contributed by atoms with van der Waals surface area (Å²) in [5.74, 6) is 0. The molecule has 0 aliphatic rings. The van der Waals surface area contributed by atoms with E-state index in [0.717, 1.165) is 0 Å². The predicted octanol–water partition coefficient (Wildman–Crippen LogP) is 3.23. The van der Waals surface area contributed by atoms with Gasteiger partial charge in [-0.2, -0.15) is 0 Å². The predicted molar refractivity (Wildman–Crippen MR) is 51.9 cm³/mol. The van der Waals surface area contributed by atoms with Crippen molar-refractivity contribution in [2.45, 2.75) is 51.7 Å². The fourth-order valence-electron chi connectivity index (χ4n) is 1.02. The summed E-state index contributed by atoms with van der Waals surface area (Å²) in [5.41, 5.74) is 0. The van der Waals surface area contributed by atoms with E-state index >= 15 is 0 Å². The Hall–Kier alpha value is 0.0200. The molecule has 0 saturated carbocycles. The summed E-state index contributed by atoms with van der Waals surface area (Å²) in [7, 11) is 0. The minimum absolute atomic E-state index is 0.244. The van der Waals surface area contributed by atoms with Crippen LogP contribution in [0.25, 0.3) is 0 Å². The van der Waals surface area contributed by atoms with Gasteiger partial charge < -0.3 is 0 Å². The third-order valence-electron chi connectivity index (χ3n) is 1.58. The molecule has 1 nitrogen and oxygen atoms in total. The number of hydrogen-bond acceptors (Lipinski definition) is 2. The van der Waals surface area contributed by atoms with Crippen LogP contribution in [0.2, 0.25) is 0 Å². The first-order valence-corrected chi connectivity index (χ1v) is 5.22. The van der Waals surface area contributed by atoms with E-state index < -0.39 is 0 Å². The maximum atomic E-state index is 10.6. The van der Waals surface area contributed by atoms with Crippen LogP contribution < -0.4 is 0 Å². The van der Waals surface area contributed by atoms with E-state index in [1.165, 1.54) is 37.4 Å². The number of rotatable bonds is 5. The monoisotopic (exact) mass is 174 g/mol. The highest BCUT2D eigenvalue weighted by Crippen LogP contribution is 2.17. The normalized spacial score (nSPS) is 13.0. The van der Waals surface area contributed by atoms with Crippen molar-refractivity contribution >= 4 is 16.9 Å². The lowest BCUT2D eigenvalue weighted by molar-refractivity contribution is -0.109. The third-order valence-corrected chi connectivity index (χ3v) is 2.55. The first-order chi connectivity index (χ1) is 5.16. The average molecular weight is 174 g/mol. The van der Waals surface area contributed by atoms with Crippen molar-refractivity contribution in [3.63, 3.8) is 0 Å². The fraction of sp³-hybridized carbons (Fsp3) is 0.889. The van der Waals surface area contributed by atoms with Crippen LogP contribution in [0.3, 0.4) is 0 Å². The Kier molecular flexibility index (Phi) is 6.73. The molecule has 0 aromatic rings. The SMILES string of the molecule is CCCCC[C@@H](C)SC(C)=O. The smallest absolute Gasteiger partial charge is 0.186 e. The second-order valence-corrected chi connectivity index (χ2v) is 4.53. The molecule has 0 N–H and O–H groups in total. The molecule has 0 heterocycles. The lowest BCUT2D eigenvalue weighted by Gasteiger charge is -2.06. The topological polar surface area (TPSA) is 17.1 Å². The van der Waals surface area contributed by atoms with Crippen molar-refractivity contribution in [1.29, 1.82) is 0 Å². The number of carbonyl (C=O) groups excluding carboxylic acids is 1. The molecule has 0 saturated heterocycles. The minimum Gasteiger partial charge on any atom is -0.288 e. The summed E-state index contributed by atoms with van der Waals surface area (Å²) >= 11 is 1.47. The molecule has 0 aliphatic heterocycles. The Morgan fingerprint density at radius 3 is 2.55 bits per heavy atom. The molecule has 0 amide bonds. The zero-order chi connectivity index (χ0) is 8.69. The van der Waals surface area contributed by atoms with Crippen LogP contribution in [0.5, 0.6) is 0 Å². The van der Waals surface area contributed by atoms with E-state index in [2.05, 4.69) is 13.8 Å². The lowest BCUT2D eigenvalue weighted by atomic mass is 10.2. The van der Waals surface area contributed by atoms with Crippen molar-refractivity contribution in [2.75, 3.05) is 0 Å². The van der Waals surface area contributed by atoms with E-state index in [0.29, 0.717) is 5.25 Å². The van der Waals surface area contributed by atoms with Gasteiger partial charge in [-0.1, -0.05) is 44.9 Å². The Balaban J connectivity index is 3.22. The molecular formula is C9H18OS. The van der Waals surface area contributed by atoms with Crippen LogP contribution in [0.15, 0.2) is 0 Å². The van der Waals surface area contributed by atoms with Gasteiger partial charge in [0.15, 0.2) is 5.12 Å². The molecule has 0 aliphatic carbocycles. The van der Waals surface area contributed by atoms with Crippen molar-refractivity contribution in [2.24, 2.45) is 0 Å². The van der Waals surface area contributed by atoms with Gasteiger partial charge in [-0.25, -0.2) is 0 Å². The maximum absolute atomic E-state index is 10.6. The van der Waals surface area contributed by atoms with Crippen LogP contribution in [-0.4, -0.2) is 10.4 Å². The molecule has 66 valence electrons. The molecule has 0 fully saturated rings. The zero-order valence-electron chi connectivity index (χ0n) is 7.72. The van der Waals surface area contributed by atoms with Crippen LogP contribution >= 0.6 is 11.8 Å². The lowest BCUT2D eigenvalue weighted by Crippen LogP contribution is -1.99. The molecule has 0 aromatic heterocycles. The van der Waals surface area contributed by atoms with Crippen molar-refractivity contribution in [3.8, 4) is 0 Å². The second-order valence-electron chi connectivity index (χ2n) is 2.92. The fourth-order valence-corrected chi connectivity index (χ4v) is 1.88. The van der Waals surface area contributed by atoms with Gasteiger partial charge in [0.2, 0.25) is 0 Å². The quantitative estimate of drug-likeness (QED) is 0.595. The van der Waals surface area contributed by atoms with Crippen molar-refractivity contribution < 1.29 is 4.79 Å². The van der Waals surface area contributed by atoms with Crippen LogP contribution in [0.4, 0.5) is 0 Å². The van der Waals surface area contributed by atoms with E-state index in [4.69, 9.17) is 0 Å². The van der Waals surface area contributed by atoms with Gasteiger partial charge in [0, 0.05) is 12.2 Å². The van der Waals surface area contributed by atoms with Gasteiger partial charge in [-0.05, 0) is 6.42 Å². The van der Waals surface area contributed by atoms with E-state index in [-0.39, 0.29) is 5.12 Å². The van der Waals surface area contributed by atoms with Gasteiger partial charge in [-0.3, -0.25) is 4.79 Å². The second kappa shape index (κ2) is 6.71. The third kappa shape index (κ3) is 7.92. The van der Waals surface area contributed by atoms with E-state index in [1.54, 1.807) is 6.92 Å². The summed E-state index contributed by atoms with van der Waals surface area (Å²) in [6.07, 6.45) is 5.00. The summed E-state index contributed by atoms with van der Waals surface area (Å²) in [4.78, 5) is 10.6. The van der Waals surface area contributed by atoms with Crippen LogP contribution in [-0.2, 0) is 4.79 Å². The molecule has 1 atom stereocenters. The molecule has 11 heavy (non-hydrogen) atoms. The molecule has 0 aromatic carbocycles. The number of thioether (sulfide) groups is 1. The van der Waals surface area contributed by atoms with E-state index in [1.807, 2.05) is 0 Å². The Morgan fingerprint density at radius 2 is 2.09 bits per heavy atom. The highest BCUT2D eigenvalue weighted by atomic mass is 32.2. The molecule has 0 unspecified atom stereocenters. The molecule has 0 rings (SSSR count). The highest BCUT2D eigenvalue weighted by Gasteiger charge is 2.04. The zero-order valence-corrected chi connectivity index (χ0v) is 8.54. The molecule has 0 bridgehead atoms. The first-order valence-electron chi connectivity index (χ1n) is 4.34. The van der Waals surface area contributed by atoms with E-state index in [9.17, 15) is 4.79 Å². The maximum Gasteiger partial charge on any atom is 0.186 e.